The number of carbonyl (C=O) groups excluding carboxylic acids is 4. The molecule has 0 aliphatic carbocycles. The van der Waals surface area contributed by atoms with Crippen LogP contribution in [-0.2, 0) is 39.8 Å². The number of anilines is 1. The molecule has 4 aliphatic heterocycles. The van der Waals surface area contributed by atoms with Gasteiger partial charge in [0.1, 0.15) is 46.3 Å². The van der Waals surface area contributed by atoms with Gasteiger partial charge in [0.05, 0.1) is 19.2 Å². The third-order valence-electron chi connectivity index (χ3n) is 10.2. The fraction of sp³-hybridized carbons (Fsp3) is 0.622. The number of alkyl carbamates (subject to hydrolysis) is 1. The van der Waals surface area contributed by atoms with Gasteiger partial charge in [-0.2, -0.15) is 12.6 Å². The van der Waals surface area contributed by atoms with E-state index < -0.39 is 59.3 Å². The molecule has 1 unspecified atom stereocenters. The molecular weight excluding hydrogens is 714 g/mol. The Morgan fingerprint density at radius 1 is 1.21 bits per heavy atom. The fourth-order valence-corrected chi connectivity index (χ4v) is 7.46. The van der Waals surface area contributed by atoms with Crippen LogP contribution in [0.4, 0.5) is 10.5 Å². The summed E-state index contributed by atoms with van der Waals surface area (Å²) in [6.07, 6.45) is 2.29. The number of halogens is 1. The maximum absolute atomic E-state index is 14.1. The average Bonchev–Trinajstić information content (AvgIpc) is 3.06. The Morgan fingerprint density at radius 3 is 2.50 bits per heavy atom. The highest BCUT2D eigenvalue weighted by atomic mass is 35.5. The van der Waals surface area contributed by atoms with E-state index in [0.29, 0.717) is 24.3 Å². The van der Waals surface area contributed by atoms with E-state index in [1.54, 1.807) is 52.1 Å². The molecular formula is C37H52ClN3O10S. The molecule has 52 heavy (non-hydrogen) atoms. The molecule has 2 saturated heterocycles. The minimum absolute atomic E-state index is 0.00556. The number of hydrogen-bond acceptors (Lipinski definition) is 11. The van der Waals surface area contributed by atoms with Gasteiger partial charge in [-0.25, -0.2) is 9.59 Å². The number of thiol groups is 1. The van der Waals surface area contributed by atoms with Crippen molar-refractivity contribution in [3.05, 3.63) is 46.5 Å². The van der Waals surface area contributed by atoms with Crippen molar-refractivity contribution in [2.24, 2.45) is 0 Å². The van der Waals surface area contributed by atoms with Crippen molar-refractivity contribution in [2.45, 2.75) is 120 Å². The van der Waals surface area contributed by atoms with Crippen LogP contribution in [0.3, 0.4) is 0 Å². The molecule has 4 heterocycles. The number of hydrogen-bond donors (Lipinski definition) is 3. The summed E-state index contributed by atoms with van der Waals surface area (Å²) in [5.41, 5.74) is -2.12. The lowest BCUT2D eigenvalue weighted by Gasteiger charge is -2.59. The van der Waals surface area contributed by atoms with Gasteiger partial charge in [-0.1, -0.05) is 42.3 Å². The smallest absolute Gasteiger partial charge is 0.409 e. The van der Waals surface area contributed by atoms with Gasteiger partial charge in [-0.05, 0) is 63.5 Å². The molecule has 2 fully saturated rings. The number of carbonyl (C=O) groups is 4. The molecule has 0 saturated carbocycles. The zero-order valence-corrected chi connectivity index (χ0v) is 33.0. The van der Waals surface area contributed by atoms with E-state index in [2.05, 4.69) is 17.9 Å². The van der Waals surface area contributed by atoms with Gasteiger partial charge in [-0.15, -0.1) is 0 Å². The fourth-order valence-electron chi connectivity index (χ4n) is 7.02. The lowest BCUT2D eigenvalue weighted by molar-refractivity contribution is -0.328. The number of ether oxygens (including phenoxy) is 5. The van der Waals surface area contributed by atoms with Gasteiger partial charge >= 0.3 is 12.1 Å². The molecule has 6 bridgehead atoms. The monoisotopic (exact) mass is 765 g/mol. The average molecular weight is 766 g/mol. The van der Waals surface area contributed by atoms with E-state index >= 15 is 0 Å². The first-order valence-electron chi connectivity index (χ1n) is 17.3. The van der Waals surface area contributed by atoms with Gasteiger partial charge < -0.3 is 38.6 Å². The zero-order chi connectivity index (χ0) is 38.8. The van der Waals surface area contributed by atoms with Crippen LogP contribution in [0.2, 0.25) is 5.02 Å². The van der Waals surface area contributed by atoms with E-state index in [0.717, 1.165) is 11.1 Å². The number of allylic oxidation sites excluding steroid dienone is 3. The van der Waals surface area contributed by atoms with E-state index in [1.807, 2.05) is 19.9 Å². The number of benzene rings is 1. The highest BCUT2D eigenvalue weighted by Gasteiger charge is 2.63. The number of nitrogens with zero attached hydrogens (tertiary/aromatic N) is 2. The van der Waals surface area contributed by atoms with Crippen molar-refractivity contribution < 1.29 is 48.0 Å². The lowest BCUT2D eigenvalue weighted by Crippen LogP contribution is -2.72. The van der Waals surface area contributed by atoms with Gasteiger partial charge in [0.25, 0.3) is 0 Å². The standard InChI is InChI=1S/C37H52ClN3O10S/c1-21-11-10-12-27(48-9)37(46)19-29(50-34(45)39-37)36(5)20-35(4,51-36)28(49-33(44)23(3)40(6)30(42)14-13-22(2)52)18-31(43)41(7)25-16-24(15-21)17-26(47-8)32(25)38/h10-12,16-17,22-23,27-29,46,52H,13-15,18-20H2,1-9H3,(H,39,45)/b12-10+,21-11+/t22?,23-,27+,28-,29-,35+,36+,37-/m0/s1. The van der Waals surface area contributed by atoms with Crippen LogP contribution >= 0.6 is 24.2 Å². The molecule has 0 radical (unpaired) electrons. The van der Waals surface area contributed by atoms with Crippen LogP contribution in [0.25, 0.3) is 0 Å². The summed E-state index contributed by atoms with van der Waals surface area (Å²) in [5, 5.41) is 14.5. The second-order valence-electron chi connectivity index (χ2n) is 14.6. The zero-order valence-electron chi connectivity index (χ0n) is 31.4. The highest BCUT2D eigenvalue weighted by molar-refractivity contribution is 7.80. The third-order valence-corrected chi connectivity index (χ3v) is 10.9. The predicted octanol–water partition coefficient (Wildman–Crippen LogP) is 4.76. The molecule has 2 N–H and O–H groups in total. The molecule has 0 aromatic heterocycles. The van der Waals surface area contributed by atoms with Crippen LogP contribution < -0.4 is 15.0 Å². The molecule has 3 amide bonds. The van der Waals surface area contributed by atoms with E-state index in [-0.39, 0.29) is 41.9 Å². The van der Waals surface area contributed by atoms with Crippen molar-refractivity contribution in [3.8, 4) is 5.75 Å². The molecule has 8 atom stereocenters. The van der Waals surface area contributed by atoms with Crippen molar-refractivity contribution in [3.63, 3.8) is 0 Å². The van der Waals surface area contributed by atoms with Gasteiger partial charge in [0.15, 0.2) is 5.72 Å². The molecule has 4 aliphatic rings. The molecule has 288 valence electrons. The second-order valence-corrected chi connectivity index (χ2v) is 15.8. The van der Waals surface area contributed by atoms with E-state index in [4.69, 9.17) is 35.3 Å². The molecule has 13 nitrogen and oxygen atoms in total. The largest absolute Gasteiger partial charge is 0.495 e. The van der Waals surface area contributed by atoms with Crippen molar-refractivity contribution >= 4 is 53.8 Å². The number of rotatable bonds is 8. The Balaban J connectivity index is 1.75. The summed E-state index contributed by atoms with van der Waals surface area (Å²) >= 11 is 11.1. The topological polar surface area (TPSA) is 153 Å². The molecule has 0 spiro atoms. The predicted molar refractivity (Wildman–Crippen MR) is 199 cm³/mol. The summed E-state index contributed by atoms with van der Waals surface area (Å²) in [5.74, 6) is -1.04. The van der Waals surface area contributed by atoms with Crippen LogP contribution in [0.5, 0.6) is 5.75 Å². The van der Waals surface area contributed by atoms with Gasteiger partial charge in [0, 0.05) is 40.5 Å². The number of amides is 3. The van der Waals surface area contributed by atoms with Crippen molar-refractivity contribution in [1.29, 1.82) is 0 Å². The first-order chi connectivity index (χ1) is 24.3. The van der Waals surface area contributed by atoms with Crippen LogP contribution in [0.15, 0.2) is 35.9 Å². The number of fused-ring (bicyclic) bond motifs is 6. The highest BCUT2D eigenvalue weighted by Crippen LogP contribution is 2.50. The van der Waals surface area contributed by atoms with Crippen LogP contribution in [0, 0.1) is 0 Å². The molecule has 1 aromatic carbocycles. The first-order valence-corrected chi connectivity index (χ1v) is 18.2. The number of esters is 1. The minimum atomic E-state index is -1.85. The Morgan fingerprint density at radius 2 is 1.88 bits per heavy atom. The lowest BCUT2D eigenvalue weighted by atomic mass is 9.72. The maximum Gasteiger partial charge on any atom is 0.409 e. The van der Waals surface area contributed by atoms with Gasteiger partial charge in [0.2, 0.25) is 11.8 Å². The summed E-state index contributed by atoms with van der Waals surface area (Å²) in [6.45, 7) is 8.79. The molecule has 15 heteroatoms. The minimum Gasteiger partial charge on any atom is -0.495 e. The van der Waals surface area contributed by atoms with Crippen molar-refractivity contribution in [2.75, 3.05) is 33.2 Å². The summed E-state index contributed by atoms with van der Waals surface area (Å²) < 4.78 is 29.4. The molecule has 5 rings (SSSR count). The van der Waals surface area contributed by atoms with E-state index in [1.165, 1.54) is 31.1 Å². The molecule has 1 aromatic rings. The number of aliphatic hydroxyl groups is 1. The second kappa shape index (κ2) is 16.4. The Labute approximate surface area is 316 Å². The quantitative estimate of drug-likeness (QED) is 0.250. The SMILES string of the molecule is COc1cc2cc(c1Cl)N(C)C(=O)C[C@H](OC(=O)[C@H](C)N(C)C(=O)CCC(C)S)[C@@]1(C)C[C@@](C)(O1)[C@@H]1C[C@@](O)(NC(=O)O1)[C@H](OC)/C=C/C=C(\C)C2. The Hall–Kier alpha value is -3.30. The van der Waals surface area contributed by atoms with Gasteiger partial charge in [-0.3, -0.25) is 14.9 Å². The normalized spacial score (nSPS) is 32.2. The van der Waals surface area contributed by atoms with E-state index in [9.17, 15) is 24.3 Å². The maximum atomic E-state index is 14.1. The summed E-state index contributed by atoms with van der Waals surface area (Å²) in [4.78, 5) is 56.2. The number of nitrogens with one attached hydrogen (secondary N) is 1. The Bertz CT molecular complexity index is 1590. The van der Waals surface area contributed by atoms with Crippen molar-refractivity contribution in [1.82, 2.24) is 10.2 Å². The first kappa shape index (κ1) is 41.5. The third kappa shape index (κ3) is 9.07. The Kier molecular flexibility index (Phi) is 13.1. The summed E-state index contributed by atoms with van der Waals surface area (Å²) in [6, 6.07) is 2.60. The number of methoxy groups -OCH3 is 2. The van der Waals surface area contributed by atoms with Crippen LogP contribution in [-0.4, -0.2) is 109 Å². The van der Waals surface area contributed by atoms with Crippen LogP contribution in [0.1, 0.15) is 72.3 Å². The number of likely N-dealkylation sites (N-methyl/N-ethyl adjacent to an activating group) is 1. The summed E-state index contributed by atoms with van der Waals surface area (Å²) in [7, 11) is 6.01.